The quantitative estimate of drug-likeness (QED) is 0.873. The number of nitrogens with zero attached hydrogens (tertiary/aromatic N) is 2. The molecule has 1 amide bonds. The maximum Gasteiger partial charge on any atom is 0.258 e. The highest BCUT2D eigenvalue weighted by Gasteiger charge is 2.35. The molecule has 1 aliphatic rings. The lowest BCUT2D eigenvalue weighted by atomic mass is 10.0. The summed E-state index contributed by atoms with van der Waals surface area (Å²) in [6.07, 6.45) is 1.92. The van der Waals surface area contributed by atoms with Gasteiger partial charge in [0.05, 0.1) is 24.4 Å². The number of methoxy groups -OCH3 is 1. The predicted molar refractivity (Wildman–Crippen MR) is 82.0 cm³/mol. The van der Waals surface area contributed by atoms with E-state index < -0.39 is 0 Å². The third-order valence-electron chi connectivity index (χ3n) is 4.27. The molecule has 0 saturated carbocycles. The third-order valence-corrected chi connectivity index (χ3v) is 4.27. The molecule has 0 N–H and O–H groups in total. The van der Waals surface area contributed by atoms with Crippen LogP contribution in [0, 0.1) is 13.8 Å². The van der Waals surface area contributed by atoms with Crippen molar-refractivity contribution in [3.8, 4) is 5.75 Å². The van der Waals surface area contributed by atoms with Gasteiger partial charge in [-0.1, -0.05) is 17.3 Å². The number of carbonyl (C=O) groups excluding carboxylic acids is 1. The summed E-state index contributed by atoms with van der Waals surface area (Å²) in [6.45, 7) is 4.57. The lowest BCUT2D eigenvalue weighted by Gasteiger charge is -2.25. The van der Waals surface area contributed by atoms with Crippen LogP contribution < -0.4 is 4.74 Å². The van der Waals surface area contributed by atoms with Crippen LogP contribution in [0.15, 0.2) is 28.8 Å². The van der Waals surface area contributed by atoms with Gasteiger partial charge >= 0.3 is 0 Å². The molecule has 0 spiro atoms. The minimum atomic E-state index is -0.0000463. The van der Waals surface area contributed by atoms with E-state index in [9.17, 15) is 4.79 Å². The Morgan fingerprint density at radius 1 is 1.36 bits per heavy atom. The smallest absolute Gasteiger partial charge is 0.258 e. The van der Waals surface area contributed by atoms with E-state index in [-0.39, 0.29) is 11.9 Å². The number of benzene rings is 1. The van der Waals surface area contributed by atoms with Gasteiger partial charge in [0.15, 0.2) is 0 Å². The lowest BCUT2D eigenvalue weighted by Crippen LogP contribution is -2.31. The van der Waals surface area contributed by atoms with E-state index in [1.165, 1.54) is 0 Å². The number of hydrogen-bond donors (Lipinski definition) is 0. The van der Waals surface area contributed by atoms with Crippen LogP contribution in [-0.2, 0) is 0 Å². The monoisotopic (exact) mass is 300 g/mol. The summed E-state index contributed by atoms with van der Waals surface area (Å²) in [7, 11) is 1.59. The molecule has 1 atom stereocenters. The van der Waals surface area contributed by atoms with E-state index in [1.807, 2.05) is 43.0 Å². The third kappa shape index (κ3) is 2.36. The first-order chi connectivity index (χ1) is 10.6. The Kier molecular flexibility index (Phi) is 3.88. The molecule has 3 rings (SSSR count). The van der Waals surface area contributed by atoms with Crippen molar-refractivity contribution in [3.63, 3.8) is 0 Å². The van der Waals surface area contributed by atoms with E-state index in [0.29, 0.717) is 11.3 Å². The van der Waals surface area contributed by atoms with Crippen molar-refractivity contribution in [2.45, 2.75) is 32.7 Å². The van der Waals surface area contributed by atoms with Crippen LogP contribution in [0.1, 0.15) is 46.3 Å². The molecule has 116 valence electrons. The van der Waals surface area contributed by atoms with E-state index in [0.717, 1.165) is 36.4 Å². The van der Waals surface area contributed by atoms with Crippen molar-refractivity contribution in [3.05, 3.63) is 46.8 Å². The molecule has 2 heterocycles. The Labute approximate surface area is 129 Å². The Morgan fingerprint density at radius 2 is 2.14 bits per heavy atom. The first kappa shape index (κ1) is 14.6. The van der Waals surface area contributed by atoms with Gasteiger partial charge in [-0.25, -0.2) is 0 Å². The van der Waals surface area contributed by atoms with Gasteiger partial charge in [0.1, 0.15) is 11.5 Å². The van der Waals surface area contributed by atoms with Gasteiger partial charge in [0.2, 0.25) is 0 Å². The molecule has 0 radical (unpaired) electrons. The highest BCUT2D eigenvalue weighted by molar-refractivity contribution is 5.97. The van der Waals surface area contributed by atoms with Crippen molar-refractivity contribution in [1.82, 2.24) is 10.1 Å². The van der Waals surface area contributed by atoms with Gasteiger partial charge in [-0.05, 0) is 38.8 Å². The highest BCUT2D eigenvalue weighted by Crippen LogP contribution is 2.37. The van der Waals surface area contributed by atoms with Crippen molar-refractivity contribution in [1.29, 1.82) is 0 Å². The fraction of sp³-hybridized carbons (Fsp3) is 0.412. The maximum absolute atomic E-state index is 12.9. The van der Waals surface area contributed by atoms with Crippen LogP contribution in [0.2, 0.25) is 0 Å². The van der Waals surface area contributed by atoms with Crippen LogP contribution in [-0.4, -0.2) is 29.6 Å². The molecule has 0 bridgehead atoms. The summed E-state index contributed by atoms with van der Waals surface area (Å²) >= 11 is 0. The molecular formula is C17H20N2O3. The lowest BCUT2D eigenvalue weighted by molar-refractivity contribution is 0.0731. The summed E-state index contributed by atoms with van der Waals surface area (Å²) in [6, 6.07) is 7.38. The zero-order valence-corrected chi connectivity index (χ0v) is 13.1. The topological polar surface area (TPSA) is 55.6 Å². The average Bonchev–Trinajstić information content (AvgIpc) is 3.13. The molecule has 0 aliphatic carbocycles. The SMILES string of the molecule is COc1ccccc1C(=O)N1CCC[C@H]1c1c(C)noc1C. The molecule has 22 heavy (non-hydrogen) atoms. The highest BCUT2D eigenvalue weighted by atomic mass is 16.5. The fourth-order valence-corrected chi connectivity index (χ4v) is 3.25. The number of hydrogen-bond acceptors (Lipinski definition) is 4. The fourth-order valence-electron chi connectivity index (χ4n) is 3.25. The summed E-state index contributed by atoms with van der Waals surface area (Å²) in [5, 5.41) is 4.02. The van der Waals surface area contributed by atoms with Gasteiger partial charge in [0.25, 0.3) is 5.91 Å². The Balaban J connectivity index is 1.95. The van der Waals surface area contributed by atoms with Crippen LogP contribution >= 0.6 is 0 Å². The number of aryl methyl sites for hydroxylation is 2. The minimum absolute atomic E-state index is 0.0000463. The standard InChI is InChI=1S/C17H20N2O3/c1-11-16(12(2)22-18-11)14-8-6-10-19(14)17(20)13-7-4-5-9-15(13)21-3/h4-5,7,9,14H,6,8,10H2,1-3H3/t14-/m0/s1. The summed E-state index contributed by atoms with van der Waals surface area (Å²) in [5.41, 5.74) is 2.51. The van der Waals surface area contributed by atoms with Crippen molar-refractivity contribution in [2.24, 2.45) is 0 Å². The molecule has 1 saturated heterocycles. The van der Waals surface area contributed by atoms with Crippen LogP contribution in [0.4, 0.5) is 0 Å². The molecule has 5 nitrogen and oxygen atoms in total. The number of likely N-dealkylation sites (tertiary alicyclic amines) is 1. The van der Waals surface area contributed by atoms with Gasteiger partial charge in [-0.2, -0.15) is 0 Å². The number of amides is 1. The van der Waals surface area contributed by atoms with Crippen LogP contribution in [0.3, 0.4) is 0 Å². The Bertz CT molecular complexity index is 673. The zero-order valence-electron chi connectivity index (χ0n) is 13.1. The number of carbonyl (C=O) groups is 1. The second-order valence-corrected chi connectivity index (χ2v) is 5.59. The first-order valence-electron chi connectivity index (χ1n) is 7.50. The number of ether oxygens (including phenoxy) is 1. The molecule has 1 aromatic carbocycles. The largest absolute Gasteiger partial charge is 0.496 e. The summed E-state index contributed by atoms with van der Waals surface area (Å²) in [5.74, 6) is 1.40. The van der Waals surface area contributed by atoms with Crippen molar-refractivity contribution in [2.75, 3.05) is 13.7 Å². The molecule has 0 unspecified atom stereocenters. The number of para-hydroxylation sites is 1. The van der Waals surface area contributed by atoms with Crippen LogP contribution in [0.5, 0.6) is 5.75 Å². The van der Waals surface area contributed by atoms with Crippen molar-refractivity contribution >= 4 is 5.91 Å². The number of rotatable bonds is 3. The summed E-state index contributed by atoms with van der Waals surface area (Å²) < 4.78 is 10.6. The number of aromatic nitrogens is 1. The van der Waals surface area contributed by atoms with E-state index in [1.54, 1.807) is 7.11 Å². The van der Waals surface area contributed by atoms with Gasteiger partial charge in [-0.3, -0.25) is 4.79 Å². The molecule has 5 heteroatoms. The predicted octanol–water partition coefficient (Wildman–Crippen LogP) is 3.28. The second-order valence-electron chi connectivity index (χ2n) is 5.59. The van der Waals surface area contributed by atoms with E-state index in [2.05, 4.69) is 5.16 Å². The van der Waals surface area contributed by atoms with Crippen molar-refractivity contribution < 1.29 is 14.1 Å². The van der Waals surface area contributed by atoms with Gasteiger partial charge < -0.3 is 14.2 Å². The zero-order chi connectivity index (χ0) is 15.7. The molecular weight excluding hydrogens is 280 g/mol. The Hall–Kier alpha value is -2.30. The average molecular weight is 300 g/mol. The van der Waals surface area contributed by atoms with Gasteiger partial charge in [0, 0.05) is 12.1 Å². The van der Waals surface area contributed by atoms with E-state index >= 15 is 0 Å². The second kappa shape index (κ2) is 5.83. The molecule has 2 aromatic rings. The minimum Gasteiger partial charge on any atom is -0.496 e. The Morgan fingerprint density at radius 3 is 2.82 bits per heavy atom. The molecule has 1 aliphatic heterocycles. The molecule has 1 aromatic heterocycles. The van der Waals surface area contributed by atoms with Gasteiger partial charge in [-0.15, -0.1) is 0 Å². The first-order valence-corrected chi connectivity index (χ1v) is 7.50. The normalized spacial score (nSPS) is 17.8. The molecule has 1 fully saturated rings. The summed E-state index contributed by atoms with van der Waals surface area (Å²) in [4.78, 5) is 14.9. The van der Waals surface area contributed by atoms with E-state index in [4.69, 9.17) is 9.26 Å². The van der Waals surface area contributed by atoms with Crippen LogP contribution in [0.25, 0.3) is 0 Å². The maximum atomic E-state index is 12.9.